The summed E-state index contributed by atoms with van der Waals surface area (Å²) in [7, 11) is 3.36. The first-order valence-corrected chi connectivity index (χ1v) is 4.22. The van der Waals surface area contributed by atoms with E-state index in [9.17, 15) is 4.79 Å². The maximum atomic E-state index is 11.1. The van der Waals surface area contributed by atoms with Crippen LogP contribution in [0.5, 0.6) is 0 Å². The number of nitrogens with zero attached hydrogens (tertiary/aromatic N) is 1. The standard InChI is InChI=1S/C8H18N4O/c1-5-8(2,6(9)13)12-7(10-3)11-4/h5H2,1-4H3,(H2,9,13)(H2,10,11,12). The number of guanidine groups is 1. The summed E-state index contributed by atoms with van der Waals surface area (Å²) in [5.41, 5.74) is 4.52. The fourth-order valence-corrected chi connectivity index (χ4v) is 0.816. The largest absolute Gasteiger partial charge is 0.368 e. The summed E-state index contributed by atoms with van der Waals surface area (Å²) in [4.78, 5) is 15.0. The summed E-state index contributed by atoms with van der Waals surface area (Å²) in [6.07, 6.45) is 0.614. The summed E-state index contributed by atoms with van der Waals surface area (Å²) in [5.74, 6) is 0.176. The molecule has 76 valence electrons. The minimum absolute atomic E-state index is 0.383. The summed E-state index contributed by atoms with van der Waals surface area (Å²) in [6.45, 7) is 3.64. The second-order valence-corrected chi connectivity index (χ2v) is 3.00. The van der Waals surface area contributed by atoms with Gasteiger partial charge in [0.2, 0.25) is 5.91 Å². The molecule has 0 bridgehead atoms. The van der Waals surface area contributed by atoms with Gasteiger partial charge in [-0.3, -0.25) is 9.79 Å². The summed E-state index contributed by atoms with van der Waals surface area (Å²) in [5, 5.41) is 5.77. The lowest BCUT2D eigenvalue weighted by atomic mass is 9.98. The molecule has 5 heteroatoms. The lowest BCUT2D eigenvalue weighted by Gasteiger charge is -2.27. The SMILES string of the molecule is CCC(C)(NC(=NC)NC)C(N)=O. The predicted octanol–water partition coefficient (Wildman–Crippen LogP) is -0.565. The number of carbonyl (C=O) groups is 1. The number of amides is 1. The highest BCUT2D eigenvalue weighted by Crippen LogP contribution is 2.07. The van der Waals surface area contributed by atoms with Crippen LogP contribution in [0.4, 0.5) is 0 Å². The first kappa shape index (κ1) is 11.7. The third-order valence-corrected chi connectivity index (χ3v) is 2.11. The van der Waals surface area contributed by atoms with Crippen molar-refractivity contribution in [3.8, 4) is 0 Å². The molecule has 0 fully saturated rings. The highest BCUT2D eigenvalue weighted by molar-refractivity contribution is 5.91. The average molecular weight is 186 g/mol. The molecule has 0 aromatic carbocycles. The second kappa shape index (κ2) is 4.69. The van der Waals surface area contributed by atoms with E-state index in [1.54, 1.807) is 21.0 Å². The average Bonchev–Trinajstić information content (AvgIpc) is 2.13. The van der Waals surface area contributed by atoms with Crippen LogP contribution in [0.3, 0.4) is 0 Å². The van der Waals surface area contributed by atoms with Crippen molar-refractivity contribution in [1.82, 2.24) is 10.6 Å². The van der Waals surface area contributed by atoms with Crippen molar-refractivity contribution in [1.29, 1.82) is 0 Å². The van der Waals surface area contributed by atoms with E-state index in [1.807, 2.05) is 6.92 Å². The molecule has 13 heavy (non-hydrogen) atoms. The molecular formula is C8H18N4O. The Labute approximate surface area is 78.8 Å². The molecule has 0 aliphatic carbocycles. The number of carbonyl (C=O) groups excluding carboxylic acids is 1. The van der Waals surface area contributed by atoms with Crippen molar-refractivity contribution in [3.63, 3.8) is 0 Å². The van der Waals surface area contributed by atoms with Gasteiger partial charge >= 0.3 is 0 Å². The molecule has 1 amide bonds. The Hall–Kier alpha value is -1.26. The first-order valence-electron chi connectivity index (χ1n) is 4.22. The molecule has 0 spiro atoms. The van der Waals surface area contributed by atoms with Crippen molar-refractivity contribution >= 4 is 11.9 Å². The van der Waals surface area contributed by atoms with Gasteiger partial charge in [0.1, 0.15) is 5.54 Å². The molecule has 0 saturated heterocycles. The van der Waals surface area contributed by atoms with Gasteiger partial charge in [0.25, 0.3) is 0 Å². The van der Waals surface area contributed by atoms with Gasteiger partial charge in [-0.1, -0.05) is 6.92 Å². The Morgan fingerprint density at radius 3 is 2.38 bits per heavy atom. The Kier molecular flexibility index (Phi) is 4.23. The van der Waals surface area contributed by atoms with Crippen LogP contribution < -0.4 is 16.4 Å². The van der Waals surface area contributed by atoms with Gasteiger partial charge in [-0.2, -0.15) is 0 Å². The minimum atomic E-state index is -0.738. The summed E-state index contributed by atoms with van der Waals surface area (Å²) < 4.78 is 0. The maximum Gasteiger partial charge on any atom is 0.242 e. The third kappa shape index (κ3) is 2.93. The Bertz CT molecular complexity index is 214. The number of hydrogen-bond donors (Lipinski definition) is 3. The fourth-order valence-electron chi connectivity index (χ4n) is 0.816. The van der Waals surface area contributed by atoms with Crippen molar-refractivity contribution in [2.75, 3.05) is 14.1 Å². The monoisotopic (exact) mass is 186 g/mol. The highest BCUT2D eigenvalue weighted by Gasteiger charge is 2.29. The van der Waals surface area contributed by atoms with Crippen LogP contribution in [0.2, 0.25) is 0 Å². The van der Waals surface area contributed by atoms with Gasteiger partial charge in [0.05, 0.1) is 0 Å². The van der Waals surface area contributed by atoms with Crippen molar-refractivity contribution in [2.24, 2.45) is 10.7 Å². The van der Waals surface area contributed by atoms with Gasteiger partial charge in [-0.15, -0.1) is 0 Å². The highest BCUT2D eigenvalue weighted by atomic mass is 16.1. The third-order valence-electron chi connectivity index (χ3n) is 2.11. The number of aliphatic imine (C=N–C) groups is 1. The smallest absolute Gasteiger partial charge is 0.242 e. The van der Waals surface area contributed by atoms with Gasteiger partial charge in [0, 0.05) is 14.1 Å². The van der Waals surface area contributed by atoms with Crippen LogP contribution >= 0.6 is 0 Å². The van der Waals surface area contributed by atoms with Gasteiger partial charge in [0.15, 0.2) is 5.96 Å². The number of rotatable bonds is 3. The number of hydrogen-bond acceptors (Lipinski definition) is 2. The van der Waals surface area contributed by atoms with E-state index in [0.717, 1.165) is 0 Å². The number of primary amides is 1. The lowest BCUT2D eigenvalue weighted by molar-refractivity contribution is -0.123. The molecule has 0 aromatic rings. The lowest BCUT2D eigenvalue weighted by Crippen LogP contribution is -2.57. The summed E-state index contributed by atoms with van der Waals surface area (Å²) >= 11 is 0. The van der Waals surface area contributed by atoms with Crippen LogP contribution in [0, 0.1) is 0 Å². The summed E-state index contributed by atoms with van der Waals surface area (Å²) in [6, 6.07) is 0. The zero-order chi connectivity index (χ0) is 10.5. The predicted molar refractivity (Wildman–Crippen MR) is 53.4 cm³/mol. The molecule has 0 aliphatic heterocycles. The Balaban J connectivity index is 4.53. The van der Waals surface area contributed by atoms with E-state index >= 15 is 0 Å². The van der Waals surface area contributed by atoms with Gasteiger partial charge in [-0.25, -0.2) is 0 Å². The molecule has 5 nitrogen and oxygen atoms in total. The molecule has 0 aliphatic rings. The van der Waals surface area contributed by atoms with Crippen LogP contribution in [-0.4, -0.2) is 31.5 Å². The van der Waals surface area contributed by atoms with Gasteiger partial charge < -0.3 is 16.4 Å². The first-order chi connectivity index (χ1) is 6.00. The molecule has 0 heterocycles. The van der Waals surface area contributed by atoms with Crippen LogP contribution in [0.1, 0.15) is 20.3 Å². The van der Waals surface area contributed by atoms with Crippen molar-refractivity contribution in [2.45, 2.75) is 25.8 Å². The molecule has 0 saturated carbocycles. The number of nitrogens with one attached hydrogen (secondary N) is 2. The molecular weight excluding hydrogens is 168 g/mol. The zero-order valence-electron chi connectivity index (χ0n) is 8.64. The van der Waals surface area contributed by atoms with E-state index in [4.69, 9.17) is 5.73 Å². The van der Waals surface area contributed by atoms with Crippen LogP contribution in [0.15, 0.2) is 4.99 Å². The second-order valence-electron chi connectivity index (χ2n) is 3.00. The molecule has 1 unspecified atom stereocenters. The van der Waals surface area contributed by atoms with E-state index in [0.29, 0.717) is 12.4 Å². The van der Waals surface area contributed by atoms with Crippen molar-refractivity contribution < 1.29 is 4.79 Å². The topological polar surface area (TPSA) is 79.5 Å². The normalized spacial score (nSPS) is 16.2. The zero-order valence-corrected chi connectivity index (χ0v) is 8.64. The quantitative estimate of drug-likeness (QED) is 0.408. The molecule has 0 radical (unpaired) electrons. The van der Waals surface area contributed by atoms with E-state index in [-0.39, 0.29) is 5.91 Å². The van der Waals surface area contributed by atoms with Crippen molar-refractivity contribution in [3.05, 3.63) is 0 Å². The number of nitrogens with two attached hydrogens (primary N) is 1. The van der Waals surface area contributed by atoms with Crippen LogP contribution in [-0.2, 0) is 4.79 Å². The van der Waals surface area contributed by atoms with E-state index < -0.39 is 5.54 Å². The van der Waals surface area contributed by atoms with Crippen LogP contribution in [0.25, 0.3) is 0 Å². The van der Waals surface area contributed by atoms with E-state index in [1.165, 1.54) is 0 Å². The molecule has 4 N–H and O–H groups in total. The van der Waals surface area contributed by atoms with Gasteiger partial charge in [-0.05, 0) is 13.3 Å². The minimum Gasteiger partial charge on any atom is -0.368 e. The molecule has 0 rings (SSSR count). The molecule has 1 atom stereocenters. The molecule has 0 aromatic heterocycles. The fraction of sp³-hybridized carbons (Fsp3) is 0.750. The maximum absolute atomic E-state index is 11.1. The van der Waals surface area contributed by atoms with E-state index in [2.05, 4.69) is 15.6 Å². The Morgan fingerprint density at radius 2 is 2.15 bits per heavy atom. The Morgan fingerprint density at radius 1 is 1.62 bits per heavy atom.